The summed E-state index contributed by atoms with van der Waals surface area (Å²) in [5, 5.41) is 9.40. The average molecular weight is 423 g/mol. The summed E-state index contributed by atoms with van der Waals surface area (Å²) in [6, 6.07) is 21.1. The number of nitrogens with zero attached hydrogens (tertiary/aromatic N) is 4. The molecule has 1 fully saturated rings. The maximum atomic E-state index is 12.5. The molecule has 0 N–H and O–H groups in total. The molecule has 1 aromatic heterocycles. The van der Waals surface area contributed by atoms with Crippen molar-refractivity contribution in [3.05, 3.63) is 71.8 Å². The van der Waals surface area contributed by atoms with Gasteiger partial charge in [0.15, 0.2) is 5.82 Å². The topological polar surface area (TPSA) is 58.6 Å². The fraction of sp³-hybridized carbons (Fsp3) is 0.261. The molecular formula is C23H23ClN4O2. The van der Waals surface area contributed by atoms with E-state index in [1.165, 1.54) is 0 Å². The molecular weight excluding hydrogens is 400 g/mol. The van der Waals surface area contributed by atoms with Crippen molar-refractivity contribution in [2.75, 3.05) is 37.7 Å². The second kappa shape index (κ2) is 9.59. The molecule has 1 saturated heterocycles. The first-order valence-corrected chi connectivity index (χ1v) is 10.4. The molecule has 0 bridgehead atoms. The van der Waals surface area contributed by atoms with Crippen LogP contribution >= 0.6 is 11.6 Å². The van der Waals surface area contributed by atoms with E-state index in [9.17, 15) is 4.79 Å². The van der Waals surface area contributed by atoms with Crippen molar-refractivity contribution < 1.29 is 9.53 Å². The average Bonchev–Trinajstić information content (AvgIpc) is 2.81. The van der Waals surface area contributed by atoms with Crippen LogP contribution < -0.4 is 9.64 Å². The van der Waals surface area contributed by atoms with Crippen molar-refractivity contribution in [3.8, 4) is 17.0 Å². The number of benzene rings is 2. The number of hydrogen-bond donors (Lipinski definition) is 0. The number of aromatic nitrogens is 2. The standard InChI is InChI=1S/C23H23ClN4O2/c24-19-6-8-20(9-7-19)30-17-12-23(29)28-15-13-27(14-16-28)22-11-10-21(25-26-22)18-4-2-1-3-5-18/h1-11H,12-17H2. The predicted molar refractivity (Wildman–Crippen MR) is 118 cm³/mol. The largest absolute Gasteiger partial charge is 0.493 e. The Balaban J connectivity index is 1.24. The fourth-order valence-corrected chi connectivity index (χ4v) is 3.51. The molecule has 30 heavy (non-hydrogen) atoms. The third-order valence-electron chi connectivity index (χ3n) is 5.07. The van der Waals surface area contributed by atoms with Crippen LogP contribution in [0, 0.1) is 0 Å². The molecule has 0 unspecified atom stereocenters. The Bertz CT molecular complexity index is 957. The molecule has 0 saturated carbocycles. The van der Waals surface area contributed by atoms with E-state index in [2.05, 4.69) is 15.1 Å². The van der Waals surface area contributed by atoms with E-state index in [1.54, 1.807) is 24.3 Å². The molecule has 3 aromatic rings. The lowest BCUT2D eigenvalue weighted by Crippen LogP contribution is -2.49. The number of amides is 1. The lowest BCUT2D eigenvalue weighted by Gasteiger charge is -2.35. The van der Waals surface area contributed by atoms with Gasteiger partial charge in [-0.2, -0.15) is 0 Å². The minimum Gasteiger partial charge on any atom is -0.493 e. The molecule has 0 atom stereocenters. The highest BCUT2D eigenvalue weighted by Gasteiger charge is 2.22. The number of anilines is 1. The van der Waals surface area contributed by atoms with Crippen LogP contribution in [-0.2, 0) is 4.79 Å². The number of ether oxygens (including phenoxy) is 1. The third-order valence-corrected chi connectivity index (χ3v) is 5.33. The van der Waals surface area contributed by atoms with Crippen LogP contribution in [0.2, 0.25) is 5.02 Å². The molecule has 0 spiro atoms. The zero-order valence-corrected chi connectivity index (χ0v) is 17.3. The van der Waals surface area contributed by atoms with Gasteiger partial charge in [0.1, 0.15) is 5.75 Å². The van der Waals surface area contributed by atoms with E-state index < -0.39 is 0 Å². The molecule has 1 aliphatic rings. The van der Waals surface area contributed by atoms with E-state index in [0.717, 1.165) is 35.9 Å². The van der Waals surface area contributed by atoms with Crippen LogP contribution in [0.3, 0.4) is 0 Å². The highest BCUT2D eigenvalue weighted by molar-refractivity contribution is 6.30. The molecule has 2 aromatic carbocycles. The van der Waals surface area contributed by atoms with Crippen molar-refractivity contribution in [1.29, 1.82) is 0 Å². The van der Waals surface area contributed by atoms with Crippen LogP contribution in [0.4, 0.5) is 5.82 Å². The van der Waals surface area contributed by atoms with Crippen LogP contribution in [0.15, 0.2) is 66.7 Å². The van der Waals surface area contributed by atoms with Gasteiger partial charge in [0.25, 0.3) is 0 Å². The van der Waals surface area contributed by atoms with Gasteiger partial charge in [0.05, 0.1) is 18.7 Å². The van der Waals surface area contributed by atoms with Crippen molar-refractivity contribution in [1.82, 2.24) is 15.1 Å². The zero-order chi connectivity index (χ0) is 20.8. The van der Waals surface area contributed by atoms with Crippen molar-refractivity contribution in [2.45, 2.75) is 6.42 Å². The normalized spacial score (nSPS) is 13.9. The van der Waals surface area contributed by atoms with Crippen LogP contribution in [0.1, 0.15) is 6.42 Å². The SMILES string of the molecule is O=C(CCOc1ccc(Cl)cc1)N1CCN(c2ccc(-c3ccccc3)nn2)CC1. The summed E-state index contributed by atoms with van der Waals surface area (Å²) in [6.07, 6.45) is 0.355. The summed E-state index contributed by atoms with van der Waals surface area (Å²) >= 11 is 5.86. The first kappa shape index (κ1) is 20.2. The fourth-order valence-electron chi connectivity index (χ4n) is 3.39. The molecule has 0 aliphatic carbocycles. The van der Waals surface area contributed by atoms with E-state index in [-0.39, 0.29) is 5.91 Å². The van der Waals surface area contributed by atoms with Gasteiger partial charge in [-0.05, 0) is 36.4 Å². The van der Waals surface area contributed by atoms with Gasteiger partial charge in [-0.1, -0.05) is 41.9 Å². The van der Waals surface area contributed by atoms with E-state index in [1.807, 2.05) is 47.4 Å². The Labute approximate surface area is 181 Å². The summed E-state index contributed by atoms with van der Waals surface area (Å²) in [6.45, 7) is 3.17. The van der Waals surface area contributed by atoms with Crippen molar-refractivity contribution in [3.63, 3.8) is 0 Å². The quantitative estimate of drug-likeness (QED) is 0.602. The smallest absolute Gasteiger partial charge is 0.226 e. The van der Waals surface area contributed by atoms with E-state index in [4.69, 9.17) is 16.3 Å². The highest BCUT2D eigenvalue weighted by atomic mass is 35.5. The lowest BCUT2D eigenvalue weighted by atomic mass is 10.1. The molecule has 2 heterocycles. The molecule has 1 amide bonds. The lowest BCUT2D eigenvalue weighted by molar-refractivity contribution is -0.132. The Kier molecular flexibility index (Phi) is 6.44. The minimum atomic E-state index is 0.106. The maximum absolute atomic E-state index is 12.5. The van der Waals surface area contributed by atoms with E-state index >= 15 is 0 Å². The third kappa shape index (κ3) is 5.07. The summed E-state index contributed by atoms with van der Waals surface area (Å²) < 4.78 is 5.63. The number of carbonyl (C=O) groups is 1. The summed E-state index contributed by atoms with van der Waals surface area (Å²) in [5.74, 6) is 1.66. The Morgan fingerprint density at radius 2 is 1.63 bits per heavy atom. The Morgan fingerprint density at radius 3 is 2.30 bits per heavy atom. The number of rotatable bonds is 6. The minimum absolute atomic E-state index is 0.106. The molecule has 0 radical (unpaired) electrons. The monoisotopic (exact) mass is 422 g/mol. The van der Waals surface area contributed by atoms with Crippen molar-refractivity contribution in [2.24, 2.45) is 0 Å². The maximum Gasteiger partial charge on any atom is 0.226 e. The Hall–Kier alpha value is -3.12. The number of piperazine rings is 1. The van der Waals surface area contributed by atoms with Crippen LogP contribution in [0.25, 0.3) is 11.3 Å². The van der Waals surface area contributed by atoms with Crippen molar-refractivity contribution >= 4 is 23.3 Å². The van der Waals surface area contributed by atoms with Gasteiger partial charge < -0.3 is 14.5 Å². The van der Waals surface area contributed by atoms with Gasteiger partial charge in [-0.3, -0.25) is 4.79 Å². The summed E-state index contributed by atoms with van der Waals surface area (Å²) in [7, 11) is 0. The van der Waals surface area contributed by atoms with E-state index in [0.29, 0.717) is 31.1 Å². The molecule has 7 heteroatoms. The van der Waals surface area contributed by atoms with Crippen LogP contribution in [-0.4, -0.2) is 53.8 Å². The van der Waals surface area contributed by atoms with Gasteiger partial charge in [-0.15, -0.1) is 10.2 Å². The second-order valence-corrected chi connectivity index (χ2v) is 7.50. The Morgan fingerprint density at radius 1 is 0.900 bits per heavy atom. The van der Waals surface area contributed by atoms with Gasteiger partial charge >= 0.3 is 0 Å². The zero-order valence-electron chi connectivity index (χ0n) is 16.6. The van der Waals surface area contributed by atoms with Gasteiger partial charge in [-0.25, -0.2) is 0 Å². The first-order chi connectivity index (χ1) is 14.7. The molecule has 1 aliphatic heterocycles. The number of carbonyl (C=O) groups excluding carboxylic acids is 1. The van der Waals surface area contributed by atoms with Crippen LogP contribution in [0.5, 0.6) is 5.75 Å². The molecule has 154 valence electrons. The first-order valence-electron chi connectivity index (χ1n) is 9.99. The second-order valence-electron chi connectivity index (χ2n) is 7.06. The molecule has 4 rings (SSSR count). The number of halogens is 1. The van der Waals surface area contributed by atoms with Gasteiger partial charge in [0, 0.05) is 36.8 Å². The summed E-state index contributed by atoms with van der Waals surface area (Å²) in [5.41, 5.74) is 1.90. The predicted octanol–water partition coefficient (Wildman–Crippen LogP) is 3.91. The molecule has 6 nitrogen and oxygen atoms in total. The highest BCUT2D eigenvalue weighted by Crippen LogP contribution is 2.19. The number of hydrogen-bond acceptors (Lipinski definition) is 5. The van der Waals surface area contributed by atoms with Gasteiger partial charge in [0.2, 0.25) is 5.91 Å². The summed E-state index contributed by atoms with van der Waals surface area (Å²) in [4.78, 5) is 16.5.